The Hall–Kier alpha value is -1.13. The van der Waals surface area contributed by atoms with E-state index in [2.05, 4.69) is 0 Å². The molecule has 0 aliphatic rings. The van der Waals surface area contributed by atoms with E-state index in [-0.39, 0.29) is 24.7 Å². The maximum Gasteiger partial charge on any atom is 0.142 e. The van der Waals surface area contributed by atoms with E-state index in [1.807, 2.05) is 0 Å². The van der Waals surface area contributed by atoms with Crippen molar-refractivity contribution in [2.75, 3.05) is 13.2 Å². The summed E-state index contributed by atoms with van der Waals surface area (Å²) in [6, 6.07) is 11.4. The van der Waals surface area contributed by atoms with E-state index in [0.29, 0.717) is 10.6 Å². The van der Waals surface area contributed by atoms with Crippen LogP contribution in [0.1, 0.15) is 11.1 Å². The lowest BCUT2D eigenvalue weighted by Gasteiger charge is -2.31. The van der Waals surface area contributed by atoms with Gasteiger partial charge in [-0.1, -0.05) is 47.5 Å². The van der Waals surface area contributed by atoms with Crippen LogP contribution >= 0.6 is 23.2 Å². The maximum atomic E-state index is 13.5. The van der Waals surface area contributed by atoms with Crippen LogP contribution in [0.5, 0.6) is 0 Å². The number of benzene rings is 2. The Kier molecular flexibility index (Phi) is 5.22. The van der Waals surface area contributed by atoms with Crippen LogP contribution < -0.4 is 0 Å². The van der Waals surface area contributed by atoms with Crippen LogP contribution in [0, 0.1) is 5.82 Å². The molecule has 0 heterocycles. The van der Waals surface area contributed by atoms with Gasteiger partial charge in [-0.15, -0.1) is 0 Å². The molecule has 112 valence electrons. The highest BCUT2D eigenvalue weighted by Gasteiger charge is 2.32. The van der Waals surface area contributed by atoms with Crippen molar-refractivity contribution in [3.8, 4) is 0 Å². The molecule has 0 unspecified atom stereocenters. The minimum Gasteiger partial charge on any atom is -0.395 e. The third kappa shape index (κ3) is 3.38. The average Bonchev–Trinajstić information content (AvgIpc) is 2.50. The molecule has 0 aliphatic carbocycles. The largest absolute Gasteiger partial charge is 0.395 e. The highest BCUT2D eigenvalue weighted by Crippen LogP contribution is 2.32. The van der Waals surface area contributed by atoms with Crippen LogP contribution in [0.15, 0.2) is 42.5 Å². The van der Waals surface area contributed by atoms with Crippen molar-refractivity contribution in [3.63, 3.8) is 0 Å². The third-order valence-electron chi connectivity index (χ3n) is 3.62. The first-order valence-corrected chi connectivity index (χ1v) is 7.18. The smallest absolute Gasteiger partial charge is 0.142 e. The van der Waals surface area contributed by atoms with Gasteiger partial charge in [-0.05, 0) is 35.7 Å². The normalized spacial score (nSPS) is 11.7. The summed E-state index contributed by atoms with van der Waals surface area (Å²) in [5.74, 6) is -0.518. The lowest BCUT2D eigenvalue weighted by atomic mass is 9.77. The number of halogens is 3. The number of hydrogen-bond acceptors (Lipinski definition) is 2. The zero-order valence-corrected chi connectivity index (χ0v) is 12.7. The van der Waals surface area contributed by atoms with E-state index < -0.39 is 11.2 Å². The topological polar surface area (TPSA) is 40.5 Å². The summed E-state index contributed by atoms with van der Waals surface area (Å²) in [7, 11) is 0. The highest BCUT2D eigenvalue weighted by molar-refractivity contribution is 6.31. The van der Waals surface area contributed by atoms with Crippen molar-refractivity contribution in [2.45, 2.75) is 11.8 Å². The van der Waals surface area contributed by atoms with Gasteiger partial charge >= 0.3 is 0 Å². The SMILES string of the molecule is OCC(CO)(Cc1cccc(F)c1Cl)c1ccc(Cl)cc1. The van der Waals surface area contributed by atoms with Crippen LogP contribution in [-0.4, -0.2) is 23.4 Å². The monoisotopic (exact) mass is 328 g/mol. The second kappa shape index (κ2) is 6.75. The summed E-state index contributed by atoms with van der Waals surface area (Å²) in [5.41, 5.74) is 0.314. The van der Waals surface area contributed by atoms with E-state index in [1.54, 1.807) is 36.4 Å². The summed E-state index contributed by atoms with van der Waals surface area (Å²) in [6.45, 7) is -0.587. The lowest BCUT2D eigenvalue weighted by Crippen LogP contribution is -2.37. The molecule has 2 nitrogen and oxygen atoms in total. The van der Waals surface area contributed by atoms with Gasteiger partial charge in [-0.3, -0.25) is 0 Å². The lowest BCUT2D eigenvalue weighted by molar-refractivity contribution is 0.116. The van der Waals surface area contributed by atoms with Gasteiger partial charge in [0.05, 0.1) is 18.2 Å². The van der Waals surface area contributed by atoms with Crippen molar-refractivity contribution < 1.29 is 14.6 Å². The van der Waals surface area contributed by atoms with Crippen LogP contribution in [0.2, 0.25) is 10.0 Å². The fraction of sp³-hybridized carbons (Fsp3) is 0.250. The number of rotatable bonds is 5. The molecule has 0 amide bonds. The van der Waals surface area contributed by atoms with Gasteiger partial charge in [0, 0.05) is 10.4 Å². The van der Waals surface area contributed by atoms with Gasteiger partial charge < -0.3 is 10.2 Å². The third-order valence-corrected chi connectivity index (χ3v) is 4.30. The Balaban J connectivity index is 2.43. The molecular weight excluding hydrogens is 314 g/mol. The molecule has 0 radical (unpaired) electrons. The quantitative estimate of drug-likeness (QED) is 0.880. The van der Waals surface area contributed by atoms with Gasteiger partial charge in [0.15, 0.2) is 0 Å². The first-order chi connectivity index (χ1) is 10.0. The molecule has 0 saturated carbocycles. The highest BCUT2D eigenvalue weighted by atomic mass is 35.5. The van der Waals surface area contributed by atoms with Crippen molar-refractivity contribution in [1.29, 1.82) is 0 Å². The van der Waals surface area contributed by atoms with Crippen LogP contribution in [0.3, 0.4) is 0 Å². The molecule has 2 aromatic carbocycles. The average molecular weight is 329 g/mol. The Labute approximate surface area is 132 Å². The minimum absolute atomic E-state index is 0.0118. The Morgan fingerprint density at radius 3 is 2.14 bits per heavy atom. The van der Waals surface area contributed by atoms with Gasteiger partial charge in [-0.2, -0.15) is 0 Å². The molecule has 2 aromatic rings. The fourth-order valence-electron chi connectivity index (χ4n) is 2.30. The second-order valence-electron chi connectivity index (χ2n) is 4.99. The number of aliphatic hydroxyl groups excluding tert-OH is 2. The van der Waals surface area contributed by atoms with E-state index in [4.69, 9.17) is 23.2 Å². The summed E-state index contributed by atoms with van der Waals surface area (Å²) in [4.78, 5) is 0. The molecular formula is C16H15Cl2FO2. The maximum absolute atomic E-state index is 13.5. The zero-order chi connectivity index (χ0) is 15.5. The first-order valence-electron chi connectivity index (χ1n) is 6.43. The van der Waals surface area contributed by atoms with Gasteiger partial charge in [0.25, 0.3) is 0 Å². The minimum atomic E-state index is -0.942. The molecule has 0 aromatic heterocycles. The molecule has 21 heavy (non-hydrogen) atoms. The molecule has 2 rings (SSSR count). The Morgan fingerprint density at radius 2 is 1.57 bits per heavy atom. The molecule has 0 fully saturated rings. The number of hydrogen-bond donors (Lipinski definition) is 2. The van der Waals surface area contributed by atoms with Crippen molar-refractivity contribution >= 4 is 23.2 Å². The summed E-state index contributed by atoms with van der Waals surface area (Å²) < 4.78 is 13.5. The molecule has 0 spiro atoms. The molecule has 0 bridgehead atoms. The molecule has 5 heteroatoms. The van der Waals surface area contributed by atoms with E-state index in [1.165, 1.54) is 6.07 Å². The van der Waals surface area contributed by atoms with Crippen LogP contribution in [0.4, 0.5) is 4.39 Å². The zero-order valence-electron chi connectivity index (χ0n) is 11.2. The molecule has 0 atom stereocenters. The van der Waals surface area contributed by atoms with Crippen LogP contribution in [0.25, 0.3) is 0 Å². The van der Waals surface area contributed by atoms with Gasteiger partial charge in [0.2, 0.25) is 0 Å². The molecule has 0 saturated heterocycles. The first kappa shape index (κ1) is 16.2. The Bertz CT molecular complexity index is 610. The van der Waals surface area contributed by atoms with E-state index in [0.717, 1.165) is 5.56 Å². The summed E-state index contributed by atoms with van der Waals surface area (Å²) in [5, 5.41) is 20.2. The second-order valence-corrected chi connectivity index (χ2v) is 5.81. The Morgan fingerprint density at radius 1 is 0.952 bits per heavy atom. The molecule has 2 N–H and O–H groups in total. The van der Waals surface area contributed by atoms with Gasteiger partial charge in [-0.25, -0.2) is 4.39 Å². The summed E-state index contributed by atoms with van der Waals surface area (Å²) in [6.07, 6.45) is 0.220. The van der Waals surface area contributed by atoms with E-state index in [9.17, 15) is 14.6 Å². The predicted molar refractivity (Wildman–Crippen MR) is 82.4 cm³/mol. The van der Waals surface area contributed by atoms with Crippen molar-refractivity contribution in [3.05, 3.63) is 69.5 Å². The van der Waals surface area contributed by atoms with Crippen LogP contribution in [-0.2, 0) is 11.8 Å². The van der Waals surface area contributed by atoms with E-state index >= 15 is 0 Å². The fourth-order valence-corrected chi connectivity index (χ4v) is 2.62. The van der Waals surface area contributed by atoms with Crippen molar-refractivity contribution in [2.24, 2.45) is 0 Å². The van der Waals surface area contributed by atoms with Gasteiger partial charge in [0.1, 0.15) is 5.82 Å². The molecule has 0 aliphatic heterocycles. The standard InChI is InChI=1S/C16H15Cl2FO2/c17-13-6-4-12(5-7-13)16(9-20,10-21)8-11-2-1-3-14(19)15(11)18/h1-7,20-21H,8-10H2. The number of aliphatic hydroxyl groups is 2. The summed E-state index contributed by atoms with van der Waals surface area (Å²) >= 11 is 11.8. The predicted octanol–water partition coefficient (Wildman–Crippen LogP) is 3.60. The van der Waals surface area contributed by atoms with Crippen molar-refractivity contribution in [1.82, 2.24) is 0 Å².